The van der Waals surface area contributed by atoms with E-state index in [0.29, 0.717) is 11.9 Å². The molecule has 1 aliphatic carbocycles. The molecule has 2 heterocycles. The number of nitrogens with zero attached hydrogens (tertiary/aromatic N) is 3. The van der Waals surface area contributed by atoms with Crippen LogP contribution >= 0.6 is 11.3 Å². The van der Waals surface area contributed by atoms with Gasteiger partial charge in [-0.1, -0.05) is 6.07 Å². The second kappa shape index (κ2) is 7.22. The van der Waals surface area contributed by atoms with Crippen LogP contribution in [0.1, 0.15) is 18.9 Å². The fourth-order valence-electron chi connectivity index (χ4n) is 2.85. The summed E-state index contributed by atoms with van der Waals surface area (Å²) in [5, 5.41) is 6.23. The normalized spacial score (nSPS) is 14.5. The van der Waals surface area contributed by atoms with E-state index < -0.39 is 26.6 Å². The Morgan fingerprint density at radius 2 is 2.04 bits per heavy atom. The predicted octanol–water partition coefficient (Wildman–Crippen LogP) is 2.36. The topological polar surface area (TPSA) is 86.0 Å². The van der Waals surface area contributed by atoms with Gasteiger partial charge in [0.25, 0.3) is 0 Å². The van der Waals surface area contributed by atoms with E-state index in [-0.39, 0.29) is 24.8 Å². The van der Waals surface area contributed by atoms with Gasteiger partial charge >= 0.3 is 5.69 Å². The Labute approximate surface area is 163 Å². The Hall–Kier alpha value is -2.37. The van der Waals surface area contributed by atoms with Crippen LogP contribution in [-0.2, 0) is 16.6 Å². The molecule has 7 nitrogen and oxygen atoms in total. The molecule has 0 aliphatic heterocycles. The van der Waals surface area contributed by atoms with Crippen LogP contribution in [0.2, 0.25) is 0 Å². The lowest BCUT2D eigenvalue weighted by Crippen LogP contribution is -2.32. The number of nitrogens with one attached hydrogen (secondary N) is 1. The van der Waals surface area contributed by atoms with E-state index in [1.807, 2.05) is 17.5 Å². The van der Waals surface area contributed by atoms with Gasteiger partial charge in [-0.3, -0.25) is 4.57 Å². The van der Waals surface area contributed by atoms with Gasteiger partial charge in [0.2, 0.25) is 10.0 Å². The molecule has 1 N–H and O–H groups in total. The minimum absolute atomic E-state index is 0.0346. The minimum atomic E-state index is -4.26. The predicted molar refractivity (Wildman–Crippen MR) is 99.6 cm³/mol. The van der Waals surface area contributed by atoms with Crippen LogP contribution in [0.5, 0.6) is 0 Å². The molecule has 1 fully saturated rings. The lowest BCUT2D eigenvalue weighted by Gasteiger charge is -2.07. The Kier molecular flexibility index (Phi) is 4.89. The Bertz CT molecular complexity index is 1170. The molecule has 4 rings (SSSR count). The summed E-state index contributed by atoms with van der Waals surface area (Å²) in [6.45, 7) is -0.225. The lowest BCUT2D eigenvalue weighted by atomic mass is 10.3. The van der Waals surface area contributed by atoms with Crippen molar-refractivity contribution in [2.24, 2.45) is 0 Å². The summed E-state index contributed by atoms with van der Waals surface area (Å²) in [4.78, 5) is 12.7. The first-order valence-electron chi connectivity index (χ1n) is 8.55. The molecular weight excluding hydrogens is 410 g/mol. The molecule has 0 amide bonds. The van der Waals surface area contributed by atoms with Crippen molar-refractivity contribution in [2.45, 2.75) is 30.3 Å². The number of benzene rings is 1. The maximum absolute atomic E-state index is 13.7. The molecule has 0 saturated heterocycles. The van der Waals surface area contributed by atoms with Gasteiger partial charge in [-0.05, 0) is 42.5 Å². The van der Waals surface area contributed by atoms with Gasteiger partial charge in [-0.2, -0.15) is 0 Å². The Morgan fingerprint density at radius 1 is 1.25 bits per heavy atom. The molecule has 0 atom stereocenters. The van der Waals surface area contributed by atoms with E-state index in [4.69, 9.17) is 0 Å². The van der Waals surface area contributed by atoms with Crippen LogP contribution in [0, 0.1) is 11.6 Å². The first-order chi connectivity index (χ1) is 13.4. The molecule has 0 radical (unpaired) electrons. The maximum Gasteiger partial charge on any atom is 0.346 e. The summed E-state index contributed by atoms with van der Waals surface area (Å²) >= 11 is 1.46. The van der Waals surface area contributed by atoms with Crippen LogP contribution in [0.4, 0.5) is 8.78 Å². The largest absolute Gasteiger partial charge is 0.346 e. The molecule has 0 unspecified atom stereocenters. The standard InChI is InChI=1S/C17H16F2N4O3S2/c18-11-3-6-13(19)15(10-11)28(25,26)20-7-8-22-17(24)23(12-4-5-12)16(21-22)14-2-1-9-27-14/h1-3,6,9-10,12,20H,4-5,7-8H2. The summed E-state index contributed by atoms with van der Waals surface area (Å²) in [5.41, 5.74) is -0.318. The average molecular weight is 426 g/mol. The quantitative estimate of drug-likeness (QED) is 0.629. The van der Waals surface area contributed by atoms with Gasteiger partial charge in [0.15, 0.2) is 5.82 Å². The average Bonchev–Trinajstić information content (AvgIpc) is 3.22. The third-order valence-corrected chi connectivity index (χ3v) is 6.66. The van der Waals surface area contributed by atoms with E-state index in [9.17, 15) is 22.0 Å². The van der Waals surface area contributed by atoms with Crippen LogP contribution in [-0.4, -0.2) is 29.3 Å². The van der Waals surface area contributed by atoms with Crippen molar-refractivity contribution in [2.75, 3.05) is 6.54 Å². The van der Waals surface area contributed by atoms with E-state index >= 15 is 0 Å². The zero-order valence-electron chi connectivity index (χ0n) is 14.5. The van der Waals surface area contributed by atoms with Gasteiger partial charge in [0.05, 0.1) is 11.4 Å². The third kappa shape index (κ3) is 3.64. The fourth-order valence-corrected chi connectivity index (χ4v) is 4.66. The molecule has 0 spiro atoms. The molecule has 1 aromatic carbocycles. The number of rotatable bonds is 7. The van der Waals surface area contributed by atoms with Crippen LogP contribution < -0.4 is 10.4 Å². The number of sulfonamides is 1. The zero-order chi connectivity index (χ0) is 19.9. The highest BCUT2D eigenvalue weighted by Gasteiger charge is 2.30. The van der Waals surface area contributed by atoms with E-state index in [2.05, 4.69) is 9.82 Å². The number of hydrogen-bond donors (Lipinski definition) is 1. The van der Waals surface area contributed by atoms with Gasteiger partial charge in [0.1, 0.15) is 16.5 Å². The van der Waals surface area contributed by atoms with Crippen LogP contribution in [0.25, 0.3) is 10.7 Å². The van der Waals surface area contributed by atoms with E-state index in [1.54, 1.807) is 4.57 Å². The van der Waals surface area contributed by atoms with Gasteiger partial charge in [-0.15, -0.1) is 16.4 Å². The van der Waals surface area contributed by atoms with E-state index in [0.717, 1.165) is 29.9 Å². The van der Waals surface area contributed by atoms with Gasteiger partial charge in [0, 0.05) is 12.6 Å². The van der Waals surface area contributed by atoms with Crippen LogP contribution in [0.3, 0.4) is 0 Å². The minimum Gasteiger partial charge on any atom is -0.271 e. The van der Waals surface area contributed by atoms with Crippen molar-refractivity contribution in [1.29, 1.82) is 0 Å². The van der Waals surface area contributed by atoms with Gasteiger partial charge in [-0.25, -0.2) is 31.4 Å². The highest BCUT2D eigenvalue weighted by Crippen LogP contribution is 2.37. The number of halogens is 2. The molecule has 11 heteroatoms. The molecule has 1 saturated carbocycles. The summed E-state index contributed by atoms with van der Waals surface area (Å²) in [6.07, 6.45) is 1.80. The maximum atomic E-state index is 13.7. The highest BCUT2D eigenvalue weighted by molar-refractivity contribution is 7.89. The first kappa shape index (κ1) is 19.0. The monoisotopic (exact) mass is 426 g/mol. The number of hydrogen-bond acceptors (Lipinski definition) is 5. The zero-order valence-corrected chi connectivity index (χ0v) is 16.1. The first-order valence-corrected chi connectivity index (χ1v) is 10.9. The SMILES string of the molecule is O=c1n(CCNS(=O)(=O)c2cc(F)ccc2F)nc(-c2cccs2)n1C1CC1. The Morgan fingerprint density at radius 3 is 2.71 bits per heavy atom. The van der Waals surface area contributed by atoms with Crippen molar-refractivity contribution in [3.05, 3.63) is 57.8 Å². The van der Waals surface area contributed by atoms with E-state index in [1.165, 1.54) is 16.0 Å². The Balaban J connectivity index is 1.54. The third-order valence-electron chi connectivity index (χ3n) is 4.32. The van der Waals surface area contributed by atoms with Crippen molar-refractivity contribution >= 4 is 21.4 Å². The summed E-state index contributed by atoms with van der Waals surface area (Å²) < 4.78 is 56.5. The van der Waals surface area contributed by atoms with Crippen LogP contribution in [0.15, 0.2) is 45.4 Å². The van der Waals surface area contributed by atoms with Crippen molar-refractivity contribution in [3.63, 3.8) is 0 Å². The number of aromatic nitrogens is 3. The van der Waals surface area contributed by atoms with Crippen molar-refractivity contribution in [3.8, 4) is 10.7 Å². The molecule has 28 heavy (non-hydrogen) atoms. The van der Waals surface area contributed by atoms with Gasteiger partial charge < -0.3 is 0 Å². The highest BCUT2D eigenvalue weighted by atomic mass is 32.2. The van der Waals surface area contributed by atoms with Crippen molar-refractivity contribution in [1.82, 2.24) is 19.1 Å². The summed E-state index contributed by atoms with van der Waals surface area (Å²) in [6, 6.07) is 6.04. The molecule has 2 aromatic heterocycles. The lowest BCUT2D eigenvalue weighted by molar-refractivity contribution is 0.531. The molecule has 3 aromatic rings. The number of thiophene rings is 1. The smallest absolute Gasteiger partial charge is 0.271 e. The van der Waals surface area contributed by atoms with Crippen molar-refractivity contribution < 1.29 is 17.2 Å². The molecule has 1 aliphatic rings. The second-order valence-electron chi connectivity index (χ2n) is 6.38. The summed E-state index contributed by atoms with van der Waals surface area (Å²) in [7, 11) is -4.26. The molecule has 0 bridgehead atoms. The molecule has 148 valence electrons. The molecular formula is C17H16F2N4O3S2. The fraction of sp³-hybridized carbons (Fsp3) is 0.294. The second-order valence-corrected chi connectivity index (χ2v) is 9.06. The summed E-state index contributed by atoms with van der Waals surface area (Å²) in [5.74, 6) is -1.35.